The lowest BCUT2D eigenvalue weighted by Gasteiger charge is -2.06. The topological polar surface area (TPSA) is 38.3 Å². The van der Waals surface area contributed by atoms with E-state index in [1.165, 1.54) is 5.56 Å². The lowest BCUT2D eigenvalue weighted by molar-refractivity contribution is -0.140. The second kappa shape index (κ2) is 5.45. The fourth-order valence-corrected chi connectivity index (χ4v) is 3.01. The van der Waals surface area contributed by atoms with Crippen molar-refractivity contribution in [1.82, 2.24) is 0 Å². The molecule has 2 atom stereocenters. The minimum absolute atomic E-state index is 0.00831. The summed E-state index contributed by atoms with van der Waals surface area (Å²) in [6, 6.07) is 8.27. The molecule has 0 bridgehead atoms. The first-order valence-corrected chi connectivity index (χ1v) is 6.82. The number of benzene rings is 1. The molecule has 0 radical (unpaired) electrons. The van der Waals surface area contributed by atoms with Crippen molar-refractivity contribution >= 4 is 23.4 Å². The van der Waals surface area contributed by atoms with E-state index in [4.69, 9.17) is 4.74 Å². The van der Waals surface area contributed by atoms with E-state index in [0.29, 0.717) is 0 Å². The first kappa shape index (κ1) is 12.3. The third-order valence-corrected chi connectivity index (χ3v) is 4.11. The zero-order valence-electron chi connectivity index (χ0n) is 10.1. The quantitative estimate of drug-likeness (QED) is 0.835. The van der Waals surface area contributed by atoms with E-state index in [-0.39, 0.29) is 17.3 Å². The van der Waals surface area contributed by atoms with Gasteiger partial charge in [0, 0.05) is 24.9 Å². The number of thioether (sulfide) groups is 1. The molecule has 92 valence electrons. The van der Waals surface area contributed by atoms with Crippen molar-refractivity contribution in [2.45, 2.75) is 30.5 Å². The van der Waals surface area contributed by atoms with Gasteiger partial charge in [0.2, 0.25) is 0 Å². The molecule has 3 nitrogen and oxygen atoms in total. The molecule has 2 unspecified atom stereocenters. The highest BCUT2D eigenvalue weighted by Gasteiger charge is 2.31. The van der Waals surface area contributed by atoms with Crippen molar-refractivity contribution in [3.8, 4) is 0 Å². The predicted molar refractivity (Wildman–Crippen MR) is 71.2 cm³/mol. The third-order valence-electron chi connectivity index (χ3n) is 2.82. The van der Waals surface area contributed by atoms with E-state index < -0.39 is 0 Å². The van der Waals surface area contributed by atoms with Crippen LogP contribution >= 0.6 is 11.8 Å². The Hall–Kier alpha value is -1.16. The van der Waals surface area contributed by atoms with Crippen LogP contribution in [0.1, 0.15) is 18.9 Å². The Balaban J connectivity index is 1.87. The van der Waals surface area contributed by atoms with Gasteiger partial charge in [0.1, 0.15) is 11.4 Å². The largest absolute Gasteiger partial charge is 0.462 e. The molecule has 4 heteroatoms. The SMILES string of the molecule is CNc1ccc(CSC2CC(C)OC2=O)cc1. The highest BCUT2D eigenvalue weighted by atomic mass is 32.2. The van der Waals surface area contributed by atoms with Crippen LogP contribution in [0, 0.1) is 0 Å². The lowest BCUT2D eigenvalue weighted by atomic mass is 10.2. The van der Waals surface area contributed by atoms with Crippen LogP contribution in [0.4, 0.5) is 5.69 Å². The summed E-state index contributed by atoms with van der Waals surface area (Å²) in [7, 11) is 1.90. The summed E-state index contributed by atoms with van der Waals surface area (Å²) >= 11 is 1.67. The number of hydrogen-bond acceptors (Lipinski definition) is 4. The average Bonchev–Trinajstić information content (AvgIpc) is 2.66. The number of ether oxygens (including phenoxy) is 1. The Labute approximate surface area is 106 Å². The fraction of sp³-hybridized carbons (Fsp3) is 0.462. The molecule has 1 aliphatic rings. The Morgan fingerprint density at radius 1 is 1.41 bits per heavy atom. The van der Waals surface area contributed by atoms with Crippen LogP contribution in [0.25, 0.3) is 0 Å². The van der Waals surface area contributed by atoms with Gasteiger partial charge in [0.05, 0.1) is 0 Å². The molecule has 1 aromatic carbocycles. The third kappa shape index (κ3) is 3.16. The van der Waals surface area contributed by atoms with Crippen molar-refractivity contribution in [3.05, 3.63) is 29.8 Å². The molecule has 0 amide bonds. The minimum Gasteiger partial charge on any atom is -0.462 e. The van der Waals surface area contributed by atoms with Crippen LogP contribution in [0.15, 0.2) is 24.3 Å². The van der Waals surface area contributed by atoms with Crippen molar-refractivity contribution < 1.29 is 9.53 Å². The van der Waals surface area contributed by atoms with Gasteiger partial charge < -0.3 is 10.1 Å². The van der Waals surface area contributed by atoms with E-state index in [1.54, 1.807) is 11.8 Å². The summed E-state index contributed by atoms with van der Waals surface area (Å²) in [5.41, 5.74) is 2.34. The molecule has 2 rings (SSSR count). The lowest BCUT2D eigenvalue weighted by Crippen LogP contribution is -2.09. The summed E-state index contributed by atoms with van der Waals surface area (Å²) in [5.74, 6) is 0.797. The number of esters is 1. The zero-order chi connectivity index (χ0) is 12.3. The zero-order valence-corrected chi connectivity index (χ0v) is 10.9. The van der Waals surface area contributed by atoms with Gasteiger partial charge in [0.25, 0.3) is 0 Å². The number of cyclic esters (lactones) is 1. The van der Waals surface area contributed by atoms with Gasteiger partial charge in [-0.05, 0) is 24.6 Å². The average molecular weight is 251 g/mol. The number of carbonyl (C=O) groups is 1. The molecular formula is C13H17NO2S. The van der Waals surface area contributed by atoms with Crippen molar-refractivity contribution in [1.29, 1.82) is 0 Å². The smallest absolute Gasteiger partial charge is 0.319 e. The van der Waals surface area contributed by atoms with Crippen LogP contribution in [0.5, 0.6) is 0 Å². The highest BCUT2D eigenvalue weighted by Crippen LogP contribution is 2.28. The van der Waals surface area contributed by atoms with Crippen LogP contribution < -0.4 is 5.32 Å². The van der Waals surface area contributed by atoms with Gasteiger partial charge in [-0.25, -0.2) is 0 Å². The van der Waals surface area contributed by atoms with E-state index in [1.807, 2.05) is 26.1 Å². The Morgan fingerprint density at radius 3 is 2.65 bits per heavy atom. The minimum atomic E-state index is -0.0608. The number of rotatable bonds is 4. The monoisotopic (exact) mass is 251 g/mol. The highest BCUT2D eigenvalue weighted by molar-refractivity contribution is 7.99. The predicted octanol–water partition coefficient (Wildman–Crippen LogP) is 2.67. The molecule has 1 heterocycles. The maximum Gasteiger partial charge on any atom is 0.319 e. The van der Waals surface area contributed by atoms with Crippen molar-refractivity contribution in [2.75, 3.05) is 12.4 Å². The number of carbonyl (C=O) groups excluding carboxylic acids is 1. The number of nitrogens with one attached hydrogen (secondary N) is 1. The van der Waals surface area contributed by atoms with Crippen LogP contribution in [-0.2, 0) is 15.3 Å². The van der Waals surface area contributed by atoms with E-state index in [9.17, 15) is 4.79 Å². The number of hydrogen-bond donors (Lipinski definition) is 1. The maximum atomic E-state index is 11.5. The summed E-state index contributed by atoms with van der Waals surface area (Å²) in [6.45, 7) is 1.94. The Kier molecular flexibility index (Phi) is 3.94. The normalized spacial score (nSPS) is 23.5. The van der Waals surface area contributed by atoms with Gasteiger partial charge >= 0.3 is 5.97 Å². The first-order valence-electron chi connectivity index (χ1n) is 5.78. The van der Waals surface area contributed by atoms with Gasteiger partial charge in [0.15, 0.2) is 0 Å². The van der Waals surface area contributed by atoms with E-state index in [2.05, 4.69) is 17.4 Å². The second-order valence-corrected chi connectivity index (χ2v) is 5.42. The first-order chi connectivity index (χ1) is 8.19. The van der Waals surface area contributed by atoms with Crippen molar-refractivity contribution in [3.63, 3.8) is 0 Å². The van der Waals surface area contributed by atoms with Crippen LogP contribution in [-0.4, -0.2) is 24.4 Å². The molecular weight excluding hydrogens is 234 g/mol. The van der Waals surface area contributed by atoms with Crippen LogP contribution in [0.3, 0.4) is 0 Å². The second-order valence-electron chi connectivity index (χ2n) is 4.23. The Bertz CT molecular complexity index is 391. The molecule has 0 aliphatic carbocycles. The standard InChI is InChI=1S/C13H17NO2S/c1-9-7-12(13(15)16-9)17-8-10-3-5-11(14-2)6-4-10/h3-6,9,12,14H,7-8H2,1-2H3. The molecule has 1 saturated heterocycles. The molecule has 1 aliphatic heterocycles. The molecule has 0 spiro atoms. The van der Waals surface area contributed by atoms with Crippen LogP contribution in [0.2, 0.25) is 0 Å². The van der Waals surface area contributed by atoms with E-state index in [0.717, 1.165) is 17.9 Å². The molecule has 0 aromatic heterocycles. The molecule has 1 fully saturated rings. The summed E-state index contributed by atoms with van der Waals surface area (Å²) < 4.78 is 5.13. The molecule has 1 N–H and O–H groups in total. The molecule has 17 heavy (non-hydrogen) atoms. The summed E-state index contributed by atoms with van der Waals surface area (Å²) in [6.07, 6.45) is 0.907. The fourth-order valence-electron chi connectivity index (χ4n) is 1.82. The maximum absolute atomic E-state index is 11.5. The Morgan fingerprint density at radius 2 is 2.12 bits per heavy atom. The molecule has 1 aromatic rings. The summed E-state index contributed by atoms with van der Waals surface area (Å²) in [4.78, 5) is 11.5. The van der Waals surface area contributed by atoms with Gasteiger partial charge in [-0.15, -0.1) is 11.8 Å². The number of anilines is 1. The van der Waals surface area contributed by atoms with Gasteiger partial charge in [-0.1, -0.05) is 12.1 Å². The van der Waals surface area contributed by atoms with E-state index >= 15 is 0 Å². The van der Waals surface area contributed by atoms with Crippen molar-refractivity contribution in [2.24, 2.45) is 0 Å². The van der Waals surface area contributed by atoms with Gasteiger partial charge in [-0.2, -0.15) is 0 Å². The summed E-state index contributed by atoms with van der Waals surface area (Å²) in [5, 5.41) is 3.09. The van der Waals surface area contributed by atoms with Gasteiger partial charge in [-0.3, -0.25) is 4.79 Å². The molecule has 0 saturated carbocycles.